The van der Waals surface area contributed by atoms with Crippen LogP contribution in [0.3, 0.4) is 0 Å². The fraction of sp³-hybridized carbons (Fsp3) is 0.529. The Morgan fingerprint density at radius 2 is 1.81 bits per heavy atom. The minimum absolute atomic E-state index is 0.0304. The number of hydrogen-bond acceptors (Lipinski definition) is 2. The maximum atomic E-state index is 12.3. The Morgan fingerprint density at radius 3 is 2.33 bits per heavy atom. The average Bonchev–Trinajstić information content (AvgIpc) is 2.43. The van der Waals surface area contributed by atoms with E-state index >= 15 is 0 Å². The highest BCUT2D eigenvalue weighted by Crippen LogP contribution is 2.08. The van der Waals surface area contributed by atoms with Gasteiger partial charge in [-0.2, -0.15) is 0 Å². The first kappa shape index (κ1) is 17.2. The molecule has 0 aliphatic rings. The van der Waals surface area contributed by atoms with Gasteiger partial charge in [0, 0.05) is 11.6 Å². The fourth-order valence-electron chi connectivity index (χ4n) is 1.98. The lowest BCUT2D eigenvalue weighted by molar-refractivity contribution is -0.124. The minimum atomic E-state index is -0.521. The van der Waals surface area contributed by atoms with Gasteiger partial charge in [-0.1, -0.05) is 38.5 Å². The fourth-order valence-corrected chi connectivity index (χ4v) is 1.98. The lowest BCUT2D eigenvalue weighted by Gasteiger charge is -2.23. The molecule has 0 aliphatic carbocycles. The Bertz CT molecular complexity index is 497. The van der Waals surface area contributed by atoms with Crippen LogP contribution in [0.2, 0.25) is 0 Å². The van der Waals surface area contributed by atoms with Gasteiger partial charge in [0.25, 0.3) is 5.91 Å². The molecule has 0 bridgehead atoms. The Balaban J connectivity index is 2.79. The van der Waals surface area contributed by atoms with Gasteiger partial charge in [-0.15, -0.1) is 0 Å². The van der Waals surface area contributed by atoms with Gasteiger partial charge in [0.2, 0.25) is 5.91 Å². The number of amides is 2. The molecular weight excluding hydrogens is 264 g/mol. The van der Waals surface area contributed by atoms with E-state index in [-0.39, 0.29) is 23.8 Å². The van der Waals surface area contributed by atoms with Crippen LogP contribution < -0.4 is 10.6 Å². The lowest BCUT2D eigenvalue weighted by atomic mass is 10.0. The van der Waals surface area contributed by atoms with Crippen molar-refractivity contribution in [2.24, 2.45) is 5.92 Å². The second kappa shape index (κ2) is 7.81. The molecule has 1 aromatic rings. The largest absolute Gasteiger partial charge is 0.352 e. The zero-order valence-electron chi connectivity index (χ0n) is 13.6. The van der Waals surface area contributed by atoms with Crippen molar-refractivity contribution in [1.29, 1.82) is 0 Å². The summed E-state index contributed by atoms with van der Waals surface area (Å²) in [4.78, 5) is 24.5. The van der Waals surface area contributed by atoms with Crippen LogP contribution in [-0.4, -0.2) is 23.9 Å². The topological polar surface area (TPSA) is 58.2 Å². The van der Waals surface area contributed by atoms with Gasteiger partial charge in [0.05, 0.1) is 0 Å². The Hall–Kier alpha value is -1.84. The first-order valence-corrected chi connectivity index (χ1v) is 7.53. The van der Waals surface area contributed by atoms with Crippen molar-refractivity contribution >= 4 is 11.8 Å². The summed E-state index contributed by atoms with van der Waals surface area (Å²) in [5.41, 5.74) is 1.60. The second-order valence-electron chi connectivity index (χ2n) is 5.88. The van der Waals surface area contributed by atoms with E-state index in [0.717, 1.165) is 12.0 Å². The zero-order chi connectivity index (χ0) is 16.0. The molecule has 0 saturated heterocycles. The molecule has 0 aliphatic heterocycles. The van der Waals surface area contributed by atoms with Gasteiger partial charge < -0.3 is 10.6 Å². The van der Waals surface area contributed by atoms with Crippen LogP contribution in [-0.2, 0) is 4.79 Å². The maximum absolute atomic E-state index is 12.3. The molecule has 0 spiro atoms. The normalized spacial score (nSPS) is 13.6. The summed E-state index contributed by atoms with van der Waals surface area (Å²) in [5.74, 6) is -0.306. The molecule has 2 amide bonds. The van der Waals surface area contributed by atoms with Crippen LogP contribution in [0, 0.1) is 12.8 Å². The number of carbonyl (C=O) groups is 2. The second-order valence-corrected chi connectivity index (χ2v) is 5.88. The Labute approximate surface area is 127 Å². The molecule has 21 heavy (non-hydrogen) atoms. The number of benzene rings is 1. The molecule has 116 valence electrons. The molecule has 2 N–H and O–H groups in total. The highest BCUT2D eigenvalue weighted by molar-refractivity contribution is 5.97. The SMILES string of the molecule is CC[C@H](C)NC(=O)[C@@H](NC(=O)c1cccc(C)c1)C(C)C. The zero-order valence-corrected chi connectivity index (χ0v) is 13.6. The maximum Gasteiger partial charge on any atom is 0.251 e. The van der Waals surface area contributed by atoms with Crippen LogP contribution >= 0.6 is 0 Å². The molecule has 0 unspecified atom stereocenters. The molecule has 0 fully saturated rings. The highest BCUT2D eigenvalue weighted by atomic mass is 16.2. The van der Waals surface area contributed by atoms with Crippen LogP contribution in [0.4, 0.5) is 0 Å². The van der Waals surface area contributed by atoms with Crippen LogP contribution in [0.1, 0.15) is 50.0 Å². The molecule has 0 aromatic heterocycles. The van der Waals surface area contributed by atoms with Crippen molar-refractivity contribution in [3.05, 3.63) is 35.4 Å². The molecule has 0 heterocycles. The molecule has 0 radical (unpaired) electrons. The van der Waals surface area contributed by atoms with Crippen LogP contribution in [0.15, 0.2) is 24.3 Å². The third-order valence-electron chi connectivity index (χ3n) is 3.52. The van der Waals surface area contributed by atoms with Crippen molar-refractivity contribution < 1.29 is 9.59 Å². The average molecular weight is 290 g/mol. The summed E-state index contributed by atoms with van der Waals surface area (Å²) in [7, 11) is 0. The standard InChI is InChI=1S/C17H26N2O2/c1-6-13(5)18-17(21)15(11(2)3)19-16(20)14-9-7-8-12(4)10-14/h7-11,13,15H,6H2,1-5H3,(H,18,21)(H,19,20)/t13-,15-/m0/s1. The summed E-state index contributed by atoms with van der Waals surface area (Å²) in [6.07, 6.45) is 0.863. The highest BCUT2D eigenvalue weighted by Gasteiger charge is 2.25. The summed E-state index contributed by atoms with van der Waals surface area (Å²) < 4.78 is 0. The summed E-state index contributed by atoms with van der Waals surface area (Å²) >= 11 is 0. The van der Waals surface area contributed by atoms with E-state index in [2.05, 4.69) is 10.6 Å². The van der Waals surface area contributed by atoms with Gasteiger partial charge >= 0.3 is 0 Å². The van der Waals surface area contributed by atoms with E-state index < -0.39 is 6.04 Å². The summed E-state index contributed by atoms with van der Waals surface area (Å²) in [6.45, 7) is 9.76. The van der Waals surface area contributed by atoms with Crippen molar-refractivity contribution in [2.75, 3.05) is 0 Å². The number of aryl methyl sites for hydroxylation is 1. The van der Waals surface area contributed by atoms with Gasteiger partial charge in [0.15, 0.2) is 0 Å². The molecule has 1 rings (SSSR count). The van der Waals surface area contributed by atoms with Gasteiger partial charge in [-0.25, -0.2) is 0 Å². The number of hydrogen-bond donors (Lipinski definition) is 2. The van der Waals surface area contributed by atoms with Crippen molar-refractivity contribution in [2.45, 2.75) is 53.1 Å². The smallest absolute Gasteiger partial charge is 0.251 e. The van der Waals surface area contributed by atoms with E-state index in [1.54, 1.807) is 6.07 Å². The van der Waals surface area contributed by atoms with Gasteiger partial charge in [0.1, 0.15) is 6.04 Å². The summed E-state index contributed by atoms with van der Waals surface area (Å²) in [6, 6.07) is 6.94. The van der Waals surface area contributed by atoms with Crippen LogP contribution in [0.5, 0.6) is 0 Å². The molecule has 2 atom stereocenters. The summed E-state index contributed by atoms with van der Waals surface area (Å²) in [5, 5.41) is 5.76. The van der Waals surface area contributed by atoms with E-state index in [1.807, 2.05) is 52.8 Å². The van der Waals surface area contributed by atoms with Crippen molar-refractivity contribution in [3.8, 4) is 0 Å². The Kier molecular flexibility index (Phi) is 6.40. The predicted molar refractivity (Wildman–Crippen MR) is 85.2 cm³/mol. The lowest BCUT2D eigenvalue weighted by Crippen LogP contribution is -2.51. The first-order valence-electron chi connectivity index (χ1n) is 7.53. The third kappa shape index (κ3) is 5.21. The molecule has 4 nitrogen and oxygen atoms in total. The minimum Gasteiger partial charge on any atom is -0.352 e. The van der Waals surface area contributed by atoms with E-state index in [9.17, 15) is 9.59 Å². The van der Waals surface area contributed by atoms with E-state index in [4.69, 9.17) is 0 Å². The molecular formula is C17H26N2O2. The number of rotatable bonds is 6. The van der Waals surface area contributed by atoms with Gasteiger partial charge in [-0.3, -0.25) is 9.59 Å². The van der Waals surface area contributed by atoms with Gasteiger partial charge in [-0.05, 0) is 38.3 Å². The third-order valence-corrected chi connectivity index (χ3v) is 3.52. The first-order chi connectivity index (χ1) is 9.85. The van der Waals surface area contributed by atoms with Crippen LogP contribution in [0.25, 0.3) is 0 Å². The number of carbonyl (C=O) groups excluding carboxylic acids is 2. The number of nitrogens with one attached hydrogen (secondary N) is 2. The monoisotopic (exact) mass is 290 g/mol. The predicted octanol–water partition coefficient (Wildman–Crippen LogP) is 2.66. The molecule has 4 heteroatoms. The van der Waals surface area contributed by atoms with E-state index in [1.165, 1.54) is 0 Å². The van der Waals surface area contributed by atoms with E-state index in [0.29, 0.717) is 5.56 Å². The van der Waals surface area contributed by atoms with Crippen molar-refractivity contribution in [3.63, 3.8) is 0 Å². The van der Waals surface area contributed by atoms with Crippen molar-refractivity contribution in [1.82, 2.24) is 10.6 Å². The Morgan fingerprint density at radius 1 is 1.14 bits per heavy atom. The molecule has 0 saturated carbocycles. The quantitative estimate of drug-likeness (QED) is 0.846. The molecule has 1 aromatic carbocycles.